The van der Waals surface area contributed by atoms with Gasteiger partial charge in [0, 0.05) is 19.6 Å². The molecule has 3 nitrogen and oxygen atoms in total. The van der Waals surface area contributed by atoms with E-state index >= 15 is 0 Å². The maximum Gasteiger partial charge on any atom is 0.220 e. The Labute approximate surface area is 121 Å². The lowest BCUT2D eigenvalue weighted by Crippen LogP contribution is -2.28. The molecule has 0 bridgehead atoms. The Morgan fingerprint density at radius 2 is 2.20 bits per heavy atom. The topological polar surface area (TPSA) is 38.3 Å². The van der Waals surface area contributed by atoms with Gasteiger partial charge in [0.15, 0.2) is 0 Å². The van der Waals surface area contributed by atoms with Crippen LogP contribution in [0.4, 0.5) is 0 Å². The summed E-state index contributed by atoms with van der Waals surface area (Å²) >= 11 is 0. The summed E-state index contributed by atoms with van der Waals surface area (Å²) in [6, 6.07) is 10.3. The molecular formula is C17H25NO2. The maximum atomic E-state index is 12.0. The summed E-state index contributed by atoms with van der Waals surface area (Å²) in [5, 5.41) is 3.03. The van der Waals surface area contributed by atoms with E-state index in [-0.39, 0.29) is 5.91 Å². The number of amides is 1. The highest BCUT2D eigenvalue weighted by atomic mass is 16.5. The van der Waals surface area contributed by atoms with Gasteiger partial charge in [0.1, 0.15) is 0 Å². The van der Waals surface area contributed by atoms with Crippen molar-refractivity contribution in [1.82, 2.24) is 5.32 Å². The maximum absolute atomic E-state index is 12.0. The van der Waals surface area contributed by atoms with Crippen LogP contribution in [0.2, 0.25) is 0 Å². The summed E-state index contributed by atoms with van der Waals surface area (Å²) in [6.07, 6.45) is 5.15. The molecule has 0 unspecified atom stereocenters. The third-order valence-electron chi connectivity index (χ3n) is 4.01. The monoisotopic (exact) mass is 275 g/mol. The van der Waals surface area contributed by atoms with E-state index < -0.39 is 0 Å². The average Bonchev–Trinajstić information content (AvgIpc) is 2.99. The quantitative estimate of drug-likeness (QED) is 0.829. The highest BCUT2D eigenvalue weighted by molar-refractivity contribution is 5.76. The number of carbonyl (C=O) groups is 1. The number of hydrogen-bond donors (Lipinski definition) is 1. The molecule has 0 radical (unpaired) electrons. The van der Waals surface area contributed by atoms with Crippen molar-refractivity contribution >= 4 is 5.91 Å². The van der Waals surface area contributed by atoms with Crippen molar-refractivity contribution in [2.75, 3.05) is 13.2 Å². The molecule has 20 heavy (non-hydrogen) atoms. The zero-order valence-corrected chi connectivity index (χ0v) is 12.3. The Morgan fingerprint density at radius 3 is 2.85 bits per heavy atom. The number of carbonyl (C=O) groups excluding carboxylic acids is 1. The summed E-state index contributed by atoms with van der Waals surface area (Å²) in [6.45, 7) is 3.75. The first kappa shape index (κ1) is 15.0. The van der Waals surface area contributed by atoms with Gasteiger partial charge in [0.2, 0.25) is 5.91 Å². The highest BCUT2D eigenvalue weighted by Gasteiger charge is 2.17. The molecule has 0 saturated carbocycles. The Balaban J connectivity index is 1.72. The SMILES string of the molecule is CC[C@@H](CC(=O)NCC[C@@H]1CCCO1)c1ccccc1. The van der Waals surface area contributed by atoms with Gasteiger partial charge in [-0.2, -0.15) is 0 Å². The van der Waals surface area contributed by atoms with E-state index in [1.54, 1.807) is 0 Å². The van der Waals surface area contributed by atoms with Gasteiger partial charge in [0.05, 0.1) is 6.10 Å². The van der Waals surface area contributed by atoms with Crippen LogP contribution in [0.15, 0.2) is 30.3 Å². The molecule has 1 aromatic rings. The molecule has 1 saturated heterocycles. The van der Waals surface area contributed by atoms with Gasteiger partial charge in [-0.1, -0.05) is 37.3 Å². The largest absolute Gasteiger partial charge is 0.378 e. The summed E-state index contributed by atoms with van der Waals surface area (Å²) in [7, 11) is 0. The summed E-state index contributed by atoms with van der Waals surface area (Å²) in [4.78, 5) is 12.0. The van der Waals surface area contributed by atoms with Crippen molar-refractivity contribution < 1.29 is 9.53 Å². The average molecular weight is 275 g/mol. The van der Waals surface area contributed by atoms with Gasteiger partial charge in [-0.25, -0.2) is 0 Å². The lowest BCUT2D eigenvalue weighted by Gasteiger charge is -2.16. The van der Waals surface area contributed by atoms with Crippen molar-refractivity contribution in [2.24, 2.45) is 0 Å². The van der Waals surface area contributed by atoms with Crippen LogP contribution >= 0.6 is 0 Å². The third-order valence-corrected chi connectivity index (χ3v) is 4.01. The van der Waals surface area contributed by atoms with Gasteiger partial charge in [-0.15, -0.1) is 0 Å². The number of nitrogens with one attached hydrogen (secondary N) is 1. The molecule has 2 atom stereocenters. The molecule has 2 rings (SSSR count). The van der Waals surface area contributed by atoms with Crippen LogP contribution < -0.4 is 5.32 Å². The summed E-state index contributed by atoms with van der Waals surface area (Å²) < 4.78 is 5.56. The second kappa shape index (κ2) is 8.05. The molecule has 110 valence electrons. The minimum absolute atomic E-state index is 0.152. The van der Waals surface area contributed by atoms with E-state index in [2.05, 4.69) is 24.4 Å². The lowest BCUT2D eigenvalue weighted by molar-refractivity contribution is -0.121. The van der Waals surface area contributed by atoms with Crippen LogP contribution in [-0.2, 0) is 9.53 Å². The summed E-state index contributed by atoms with van der Waals surface area (Å²) in [5.74, 6) is 0.470. The van der Waals surface area contributed by atoms with Gasteiger partial charge in [-0.05, 0) is 37.2 Å². The molecule has 3 heteroatoms. The van der Waals surface area contributed by atoms with Crippen molar-refractivity contribution in [1.29, 1.82) is 0 Å². The van der Waals surface area contributed by atoms with Crippen molar-refractivity contribution in [2.45, 2.75) is 51.0 Å². The molecular weight excluding hydrogens is 250 g/mol. The van der Waals surface area contributed by atoms with E-state index in [0.717, 1.165) is 38.8 Å². The van der Waals surface area contributed by atoms with Crippen LogP contribution in [0.25, 0.3) is 0 Å². The van der Waals surface area contributed by atoms with Crippen LogP contribution in [-0.4, -0.2) is 25.2 Å². The van der Waals surface area contributed by atoms with Gasteiger partial charge < -0.3 is 10.1 Å². The Hall–Kier alpha value is -1.35. The van der Waals surface area contributed by atoms with Crippen LogP contribution in [0.1, 0.15) is 50.5 Å². The normalized spacial score (nSPS) is 19.8. The standard InChI is InChI=1S/C17H25NO2/c1-2-14(15-7-4-3-5-8-15)13-17(19)18-11-10-16-9-6-12-20-16/h3-5,7-8,14,16H,2,6,9-13H2,1H3,(H,18,19)/t14-,16-/m0/s1. The molecule has 0 aromatic heterocycles. The van der Waals surface area contributed by atoms with Crippen LogP contribution in [0, 0.1) is 0 Å². The molecule has 1 aliphatic heterocycles. The predicted octanol–water partition coefficient (Wildman–Crippen LogP) is 3.26. The smallest absolute Gasteiger partial charge is 0.220 e. The van der Waals surface area contributed by atoms with Crippen LogP contribution in [0.5, 0.6) is 0 Å². The number of rotatable bonds is 7. The van der Waals surface area contributed by atoms with Crippen molar-refractivity contribution in [3.8, 4) is 0 Å². The van der Waals surface area contributed by atoms with E-state index in [0.29, 0.717) is 18.4 Å². The molecule has 0 aliphatic carbocycles. The second-order valence-corrected chi connectivity index (χ2v) is 5.49. The van der Waals surface area contributed by atoms with Gasteiger partial charge in [-0.3, -0.25) is 4.79 Å². The first-order chi connectivity index (χ1) is 9.79. The molecule has 1 N–H and O–H groups in total. The second-order valence-electron chi connectivity index (χ2n) is 5.49. The Bertz CT molecular complexity index is 399. The predicted molar refractivity (Wildman–Crippen MR) is 80.7 cm³/mol. The zero-order chi connectivity index (χ0) is 14.2. The first-order valence-corrected chi connectivity index (χ1v) is 7.73. The van der Waals surface area contributed by atoms with E-state index in [1.807, 2.05) is 18.2 Å². The number of benzene rings is 1. The third kappa shape index (κ3) is 4.64. The molecule has 1 amide bonds. The fourth-order valence-electron chi connectivity index (χ4n) is 2.76. The molecule has 1 aliphatic rings. The molecule has 1 heterocycles. The fraction of sp³-hybridized carbons (Fsp3) is 0.588. The van der Waals surface area contributed by atoms with Crippen molar-refractivity contribution in [3.05, 3.63) is 35.9 Å². The lowest BCUT2D eigenvalue weighted by atomic mass is 9.93. The Kier molecular flexibility index (Phi) is 6.06. The van der Waals surface area contributed by atoms with E-state index in [4.69, 9.17) is 4.74 Å². The number of ether oxygens (including phenoxy) is 1. The zero-order valence-electron chi connectivity index (χ0n) is 12.3. The number of hydrogen-bond acceptors (Lipinski definition) is 2. The molecule has 0 spiro atoms. The van der Waals surface area contributed by atoms with Crippen molar-refractivity contribution in [3.63, 3.8) is 0 Å². The van der Waals surface area contributed by atoms with E-state index in [9.17, 15) is 4.79 Å². The highest BCUT2D eigenvalue weighted by Crippen LogP contribution is 2.22. The van der Waals surface area contributed by atoms with Crippen LogP contribution in [0.3, 0.4) is 0 Å². The minimum Gasteiger partial charge on any atom is -0.378 e. The Morgan fingerprint density at radius 1 is 1.40 bits per heavy atom. The first-order valence-electron chi connectivity index (χ1n) is 7.73. The molecule has 1 fully saturated rings. The summed E-state index contributed by atoms with van der Waals surface area (Å²) in [5.41, 5.74) is 1.25. The van der Waals surface area contributed by atoms with Gasteiger partial charge >= 0.3 is 0 Å². The van der Waals surface area contributed by atoms with Gasteiger partial charge in [0.25, 0.3) is 0 Å². The fourth-order valence-corrected chi connectivity index (χ4v) is 2.76. The minimum atomic E-state index is 0.152. The van der Waals surface area contributed by atoms with E-state index in [1.165, 1.54) is 5.56 Å². The molecule has 1 aromatic carbocycles.